The number of fused-ring (bicyclic) bond motifs is 3. The van der Waals surface area contributed by atoms with E-state index in [0.717, 1.165) is 34.0 Å². The van der Waals surface area contributed by atoms with Crippen LogP contribution in [0.5, 0.6) is 0 Å². The summed E-state index contributed by atoms with van der Waals surface area (Å²) < 4.78 is 64.8. The monoisotopic (exact) mass is 877 g/mol. The first kappa shape index (κ1) is 32.6. The van der Waals surface area contributed by atoms with Gasteiger partial charge in [0.05, 0.1) is 13.7 Å². The molecular formula is C44H42F2IrN2OSi-2. The van der Waals surface area contributed by atoms with Crippen molar-refractivity contribution in [3.8, 4) is 33.6 Å². The second kappa shape index (κ2) is 15.1. The Labute approximate surface area is 320 Å². The molecule has 0 saturated heterocycles. The average molecular weight is 877 g/mol. The molecule has 0 amide bonds. The van der Waals surface area contributed by atoms with Gasteiger partial charge in [0.1, 0.15) is 17.2 Å². The maximum Gasteiger partial charge on any atom is 0.136 e. The normalized spacial score (nSPS) is 13.1. The number of hydrogen-bond acceptors (Lipinski definition) is 3. The summed E-state index contributed by atoms with van der Waals surface area (Å²) in [6.07, 6.45) is 3.64. The van der Waals surface area contributed by atoms with Gasteiger partial charge in [0.15, 0.2) is 0 Å². The van der Waals surface area contributed by atoms with Crippen molar-refractivity contribution >= 4 is 35.2 Å². The standard InChI is InChI=1S/C26H18F2NO.C18H24NSi.Ir/c1-14-9-15(2)24(16(3)10-14)17-7-8-29-22(11-17)19-5-4-6-20-25-21(28)12-18(27)13-23(25)30-26(19)20;1-13(2)16-11-17(15-9-7-14(3)8-10-15)19-12-18(16)20(4,5)6;/h4,6-13H,1-3H3;7-9,11-13H,1-6H3;/q2*-1;/i;3D3,13D;. The van der Waals surface area contributed by atoms with Crippen LogP contribution in [-0.2, 0) is 20.1 Å². The van der Waals surface area contributed by atoms with Gasteiger partial charge in [-0.3, -0.25) is 0 Å². The Morgan fingerprint density at radius 3 is 2.25 bits per heavy atom. The first-order valence-electron chi connectivity index (χ1n) is 18.5. The molecule has 51 heavy (non-hydrogen) atoms. The van der Waals surface area contributed by atoms with E-state index in [2.05, 4.69) is 74.6 Å². The van der Waals surface area contributed by atoms with Gasteiger partial charge in [-0.1, -0.05) is 86.7 Å². The molecule has 0 spiro atoms. The molecule has 263 valence electrons. The van der Waals surface area contributed by atoms with Crippen molar-refractivity contribution in [3.05, 3.63) is 137 Å². The number of benzene rings is 4. The summed E-state index contributed by atoms with van der Waals surface area (Å²) in [4.78, 5) is 9.07. The molecule has 0 unspecified atom stereocenters. The van der Waals surface area contributed by atoms with Gasteiger partial charge in [0.25, 0.3) is 0 Å². The Kier molecular flexibility index (Phi) is 9.67. The van der Waals surface area contributed by atoms with Crippen LogP contribution < -0.4 is 5.19 Å². The van der Waals surface area contributed by atoms with E-state index < -0.39 is 32.5 Å². The summed E-state index contributed by atoms with van der Waals surface area (Å²) in [5.41, 5.74) is 10.4. The molecule has 0 aliphatic rings. The van der Waals surface area contributed by atoms with Crippen LogP contribution in [-0.4, -0.2) is 18.0 Å². The Balaban J connectivity index is 0.000000213. The molecule has 0 bridgehead atoms. The van der Waals surface area contributed by atoms with E-state index in [-0.39, 0.29) is 36.6 Å². The topological polar surface area (TPSA) is 38.9 Å². The molecule has 0 fully saturated rings. The van der Waals surface area contributed by atoms with Gasteiger partial charge in [-0.2, -0.15) is 0 Å². The van der Waals surface area contributed by atoms with Gasteiger partial charge in [-0.25, -0.2) is 8.78 Å². The molecule has 7 aromatic rings. The molecule has 7 heteroatoms. The minimum absolute atomic E-state index is 0. The molecule has 1 radical (unpaired) electrons. The minimum Gasteiger partial charge on any atom is -0.500 e. The number of furan rings is 1. The van der Waals surface area contributed by atoms with Crippen LogP contribution in [0.15, 0.2) is 89.6 Å². The number of aryl methyl sites for hydroxylation is 4. The van der Waals surface area contributed by atoms with E-state index >= 15 is 0 Å². The molecule has 0 saturated carbocycles. The van der Waals surface area contributed by atoms with Crippen LogP contribution in [0.25, 0.3) is 55.6 Å². The van der Waals surface area contributed by atoms with Gasteiger partial charge in [-0.05, 0) is 71.6 Å². The number of hydrogen-bond donors (Lipinski definition) is 0. The molecular weight excluding hydrogens is 831 g/mol. The molecule has 4 aromatic carbocycles. The van der Waals surface area contributed by atoms with E-state index in [1.54, 1.807) is 30.5 Å². The molecule has 7 rings (SSSR count). The largest absolute Gasteiger partial charge is 0.500 e. The number of aromatic nitrogens is 2. The van der Waals surface area contributed by atoms with Crippen molar-refractivity contribution in [2.75, 3.05) is 0 Å². The van der Waals surface area contributed by atoms with Crippen LogP contribution >= 0.6 is 0 Å². The fourth-order valence-corrected chi connectivity index (χ4v) is 8.12. The van der Waals surface area contributed by atoms with E-state index in [9.17, 15) is 8.78 Å². The van der Waals surface area contributed by atoms with Crippen molar-refractivity contribution < 1.29 is 38.8 Å². The van der Waals surface area contributed by atoms with Crippen molar-refractivity contribution in [1.82, 2.24) is 9.97 Å². The second-order valence-corrected chi connectivity index (χ2v) is 19.1. The zero-order valence-electron chi connectivity index (χ0n) is 34.0. The van der Waals surface area contributed by atoms with Gasteiger partial charge >= 0.3 is 0 Å². The Hall–Kier alpha value is -4.29. The predicted octanol–water partition coefficient (Wildman–Crippen LogP) is 11.8. The van der Waals surface area contributed by atoms with Crippen molar-refractivity contribution in [3.63, 3.8) is 0 Å². The Morgan fingerprint density at radius 1 is 0.863 bits per heavy atom. The van der Waals surface area contributed by atoms with Gasteiger partial charge < -0.3 is 14.4 Å². The third-order valence-corrected chi connectivity index (χ3v) is 10.8. The summed E-state index contributed by atoms with van der Waals surface area (Å²) in [5.74, 6) is -2.03. The molecule has 3 aromatic heterocycles. The Bertz CT molecular complexity index is 2500. The molecule has 3 heterocycles. The number of halogens is 2. The fourth-order valence-electron chi connectivity index (χ4n) is 6.54. The average Bonchev–Trinajstić information content (AvgIpc) is 3.46. The van der Waals surface area contributed by atoms with Gasteiger partial charge in [0.2, 0.25) is 0 Å². The smallest absolute Gasteiger partial charge is 0.136 e. The van der Waals surface area contributed by atoms with Crippen LogP contribution in [0.3, 0.4) is 0 Å². The van der Waals surface area contributed by atoms with Crippen LogP contribution in [0.1, 0.15) is 53.0 Å². The number of pyridine rings is 2. The van der Waals surface area contributed by atoms with E-state index in [4.69, 9.17) is 9.90 Å². The maximum atomic E-state index is 14.4. The minimum atomic E-state index is -2.13. The first-order chi connectivity index (χ1) is 25.2. The zero-order chi connectivity index (χ0) is 39.3. The van der Waals surface area contributed by atoms with Crippen molar-refractivity contribution in [2.45, 2.75) is 67.0 Å². The van der Waals surface area contributed by atoms with Crippen molar-refractivity contribution in [1.29, 1.82) is 0 Å². The number of rotatable bonds is 5. The number of nitrogens with zero attached hydrogens (tertiary/aromatic N) is 2. The van der Waals surface area contributed by atoms with Gasteiger partial charge in [-0.15, -0.1) is 53.6 Å². The zero-order valence-corrected chi connectivity index (χ0v) is 33.4. The maximum absolute atomic E-state index is 14.4. The summed E-state index contributed by atoms with van der Waals surface area (Å²) in [6, 6.07) is 26.8. The first-order valence-corrected chi connectivity index (χ1v) is 20.0. The van der Waals surface area contributed by atoms with E-state index in [0.29, 0.717) is 22.2 Å². The van der Waals surface area contributed by atoms with Crippen LogP contribution in [0, 0.1) is 51.4 Å². The molecule has 3 nitrogen and oxygen atoms in total. The molecule has 0 aliphatic carbocycles. The van der Waals surface area contributed by atoms with E-state index in [1.165, 1.54) is 34.0 Å². The quantitative estimate of drug-likeness (QED) is 0.128. The second-order valence-electron chi connectivity index (χ2n) is 14.0. The molecule has 0 atom stereocenters. The van der Waals surface area contributed by atoms with E-state index in [1.807, 2.05) is 38.2 Å². The fraction of sp³-hybridized carbons (Fsp3) is 0.227. The Morgan fingerprint density at radius 2 is 1.61 bits per heavy atom. The summed E-state index contributed by atoms with van der Waals surface area (Å²) >= 11 is 0. The SMILES string of the molecule is Cc1cc(C)c(-c2ccnc(-c3[c-]ccc4c3oc3cc(F)cc(F)c34)c2)c(C)c1.[2H]C([2H])([2H])c1c[c-]c(-c2cc(C([2H])(C)C)c([Si](C)(C)C)cn2)cc1.[Ir]. The predicted molar refractivity (Wildman–Crippen MR) is 206 cm³/mol. The summed E-state index contributed by atoms with van der Waals surface area (Å²) in [5, 5.41) is 2.03. The summed E-state index contributed by atoms with van der Waals surface area (Å²) in [6.45, 7) is 14.7. The molecule has 0 aliphatic heterocycles. The third kappa shape index (κ3) is 7.96. The van der Waals surface area contributed by atoms with Gasteiger partial charge in [0, 0.05) is 55.5 Å². The van der Waals surface area contributed by atoms with Crippen molar-refractivity contribution in [2.24, 2.45) is 0 Å². The van der Waals surface area contributed by atoms with Crippen LogP contribution in [0.2, 0.25) is 19.6 Å². The molecule has 0 N–H and O–H groups in total. The third-order valence-electron chi connectivity index (χ3n) is 8.77. The van der Waals surface area contributed by atoms with Crippen LogP contribution in [0.4, 0.5) is 8.78 Å². The summed E-state index contributed by atoms with van der Waals surface area (Å²) in [7, 11) is -1.61.